The predicted octanol–water partition coefficient (Wildman–Crippen LogP) is 2.26. The molecule has 2 nitrogen and oxygen atoms in total. The maximum absolute atomic E-state index is 3.21. The van der Waals surface area contributed by atoms with E-state index in [0.29, 0.717) is 0 Å². The number of likely N-dealkylation sites (tertiary alicyclic amines) is 1. The molecule has 1 heterocycles. The molecule has 1 atom stereocenters. The quantitative estimate of drug-likeness (QED) is 0.856. The SMILES string of the molecule is CNCCc1cccc(C2CCCN(C)C2)c1. The molecule has 1 saturated heterocycles. The number of hydrogen-bond donors (Lipinski definition) is 1. The van der Waals surface area contributed by atoms with E-state index < -0.39 is 0 Å². The van der Waals surface area contributed by atoms with Gasteiger partial charge in [0.1, 0.15) is 0 Å². The number of benzene rings is 1. The molecular formula is C15H24N2. The van der Waals surface area contributed by atoms with Gasteiger partial charge in [-0.15, -0.1) is 0 Å². The highest BCUT2D eigenvalue weighted by Crippen LogP contribution is 2.26. The van der Waals surface area contributed by atoms with E-state index in [1.807, 2.05) is 7.05 Å². The highest BCUT2D eigenvalue weighted by atomic mass is 15.1. The van der Waals surface area contributed by atoms with Crippen LogP contribution in [0.3, 0.4) is 0 Å². The molecule has 1 aliphatic heterocycles. The summed E-state index contributed by atoms with van der Waals surface area (Å²) in [6.07, 6.45) is 3.81. The normalized spacial score (nSPS) is 21.6. The van der Waals surface area contributed by atoms with Crippen LogP contribution < -0.4 is 5.32 Å². The van der Waals surface area contributed by atoms with E-state index in [-0.39, 0.29) is 0 Å². The highest BCUT2D eigenvalue weighted by Gasteiger charge is 2.18. The van der Waals surface area contributed by atoms with E-state index in [4.69, 9.17) is 0 Å². The lowest BCUT2D eigenvalue weighted by molar-refractivity contribution is 0.251. The first-order valence-corrected chi connectivity index (χ1v) is 6.71. The Balaban J connectivity index is 2.04. The Bertz CT molecular complexity index is 349. The van der Waals surface area contributed by atoms with Gasteiger partial charge >= 0.3 is 0 Å². The minimum atomic E-state index is 0.739. The van der Waals surface area contributed by atoms with E-state index in [1.54, 1.807) is 0 Å². The van der Waals surface area contributed by atoms with Crippen molar-refractivity contribution >= 4 is 0 Å². The summed E-state index contributed by atoms with van der Waals surface area (Å²) < 4.78 is 0. The van der Waals surface area contributed by atoms with Gasteiger partial charge in [-0.3, -0.25) is 0 Å². The Morgan fingerprint density at radius 3 is 3.06 bits per heavy atom. The van der Waals surface area contributed by atoms with E-state index in [1.165, 1.54) is 37.1 Å². The van der Waals surface area contributed by atoms with Crippen LogP contribution in [0.25, 0.3) is 0 Å². The average molecular weight is 232 g/mol. The van der Waals surface area contributed by atoms with Gasteiger partial charge in [-0.2, -0.15) is 0 Å². The van der Waals surface area contributed by atoms with Gasteiger partial charge in [-0.25, -0.2) is 0 Å². The van der Waals surface area contributed by atoms with Crippen molar-refractivity contribution in [2.75, 3.05) is 33.7 Å². The number of nitrogens with one attached hydrogen (secondary N) is 1. The number of nitrogens with zero attached hydrogens (tertiary/aromatic N) is 1. The zero-order chi connectivity index (χ0) is 12.1. The van der Waals surface area contributed by atoms with E-state index >= 15 is 0 Å². The first-order valence-electron chi connectivity index (χ1n) is 6.71. The molecule has 1 fully saturated rings. The third kappa shape index (κ3) is 3.55. The molecule has 17 heavy (non-hydrogen) atoms. The molecule has 94 valence electrons. The molecule has 1 aliphatic rings. The van der Waals surface area contributed by atoms with Crippen molar-refractivity contribution in [3.63, 3.8) is 0 Å². The van der Waals surface area contributed by atoms with Crippen LogP contribution in [-0.2, 0) is 6.42 Å². The Kier molecular flexibility index (Phi) is 4.57. The van der Waals surface area contributed by atoms with Gasteiger partial charge in [0, 0.05) is 6.54 Å². The molecule has 1 N–H and O–H groups in total. The molecular weight excluding hydrogens is 208 g/mol. The smallest absolute Gasteiger partial charge is 0.00472 e. The summed E-state index contributed by atoms with van der Waals surface area (Å²) in [5.74, 6) is 0.739. The standard InChI is InChI=1S/C15H24N2/c1-16-9-8-13-5-3-6-14(11-13)15-7-4-10-17(2)12-15/h3,5-6,11,15-16H,4,7-10,12H2,1-2H3. The fourth-order valence-electron chi connectivity index (χ4n) is 2.71. The average Bonchev–Trinajstić information content (AvgIpc) is 2.37. The fourth-order valence-corrected chi connectivity index (χ4v) is 2.71. The molecule has 2 rings (SSSR count). The van der Waals surface area contributed by atoms with Crippen LogP contribution in [0.2, 0.25) is 0 Å². The van der Waals surface area contributed by atoms with Crippen molar-refractivity contribution in [2.24, 2.45) is 0 Å². The van der Waals surface area contributed by atoms with Crippen LogP contribution in [-0.4, -0.2) is 38.6 Å². The van der Waals surface area contributed by atoms with Crippen molar-refractivity contribution in [1.29, 1.82) is 0 Å². The predicted molar refractivity (Wildman–Crippen MR) is 73.5 cm³/mol. The number of hydrogen-bond acceptors (Lipinski definition) is 2. The third-order valence-electron chi connectivity index (χ3n) is 3.71. The molecule has 1 unspecified atom stereocenters. The van der Waals surface area contributed by atoms with E-state index in [9.17, 15) is 0 Å². The molecule has 0 amide bonds. The molecule has 0 spiro atoms. The van der Waals surface area contributed by atoms with Crippen molar-refractivity contribution in [1.82, 2.24) is 10.2 Å². The first-order chi connectivity index (χ1) is 8.29. The molecule has 1 aromatic carbocycles. The van der Waals surface area contributed by atoms with Crippen LogP contribution in [0.1, 0.15) is 29.9 Å². The summed E-state index contributed by atoms with van der Waals surface area (Å²) in [5.41, 5.74) is 3.00. The minimum Gasteiger partial charge on any atom is -0.319 e. The summed E-state index contributed by atoms with van der Waals surface area (Å²) in [7, 11) is 4.25. The maximum atomic E-state index is 3.21. The van der Waals surface area contributed by atoms with Gasteiger partial charge in [-0.05, 0) is 63.5 Å². The molecule has 0 aliphatic carbocycles. The second kappa shape index (κ2) is 6.18. The van der Waals surface area contributed by atoms with Crippen molar-refractivity contribution in [2.45, 2.75) is 25.2 Å². The summed E-state index contributed by atoms with van der Waals surface area (Å²) in [6, 6.07) is 9.16. The molecule has 0 bridgehead atoms. The molecule has 0 saturated carbocycles. The van der Waals surface area contributed by atoms with Crippen LogP contribution in [0.5, 0.6) is 0 Å². The zero-order valence-electron chi connectivity index (χ0n) is 11.1. The van der Waals surface area contributed by atoms with Gasteiger partial charge in [0.25, 0.3) is 0 Å². The maximum Gasteiger partial charge on any atom is 0.00472 e. The summed E-state index contributed by atoms with van der Waals surface area (Å²) in [5, 5.41) is 3.21. The first kappa shape index (κ1) is 12.6. The third-order valence-corrected chi connectivity index (χ3v) is 3.71. The van der Waals surface area contributed by atoms with Crippen LogP contribution in [0.4, 0.5) is 0 Å². The Labute approximate surface area is 105 Å². The van der Waals surface area contributed by atoms with Gasteiger partial charge in [-0.1, -0.05) is 24.3 Å². The summed E-state index contributed by atoms with van der Waals surface area (Å²) in [6.45, 7) is 3.54. The monoisotopic (exact) mass is 232 g/mol. The second-order valence-corrected chi connectivity index (χ2v) is 5.20. The zero-order valence-corrected chi connectivity index (χ0v) is 11.1. The van der Waals surface area contributed by atoms with Crippen molar-refractivity contribution in [3.8, 4) is 0 Å². The number of likely N-dealkylation sites (N-methyl/N-ethyl adjacent to an activating group) is 2. The van der Waals surface area contributed by atoms with Gasteiger partial charge in [0.2, 0.25) is 0 Å². The molecule has 2 heteroatoms. The van der Waals surface area contributed by atoms with Crippen molar-refractivity contribution in [3.05, 3.63) is 35.4 Å². The fraction of sp³-hybridized carbons (Fsp3) is 0.600. The van der Waals surface area contributed by atoms with Crippen LogP contribution in [0.15, 0.2) is 24.3 Å². The van der Waals surface area contributed by atoms with Gasteiger partial charge in [0.15, 0.2) is 0 Å². The lowest BCUT2D eigenvalue weighted by Gasteiger charge is -2.30. The largest absolute Gasteiger partial charge is 0.319 e. The Hall–Kier alpha value is -0.860. The lowest BCUT2D eigenvalue weighted by Crippen LogP contribution is -2.30. The molecule has 1 aromatic rings. The Morgan fingerprint density at radius 2 is 2.29 bits per heavy atom. The number of rotatable bonds is 4. The van der Waals surface area contributed by atoms with E-state index in [2.05, 4.69) is 41.5 Å². The van der Waals surface area contributed by atoms with Crippen molar-refractivity contribution < 1.29 is 0 Å². The van der Waals surface area contributed by atoms with Crippen LogP contribution in [0, 0.1) is 0 Å². The second-order valence-electron chi connectivity index (χ2n) is 5.20. The summed E-state index contributed by atoms with van der Waals surface area (Å²) >= 11 is 0. The Morgan fingerprint density at radius 1 is 1.41 bits per heavy atom. The minimum absolute atomic E-state index is 0.739. The highest BCUT2D eigenvalue weighted by molar-refractivity contribution is 5.27. The topological polar surface area (TPSA) is 15.3 Å². The van der Waals surface area contributed by atoms with Gasteiger partial charge < -0.3 is 10.2 Å². The number of piperidine rings is 1. The van der Waals surface area contributed by atoms with E-state index in [0.717, 1.165) is 18.9 Å². The van der Waals surface area contributed by atoms with Gasteiger partial charge in [0.05, 0.1) is 0 Å². The van der Waals surface area contributed by atoms with Crippen LogP contribution >= 0.6 is 0 Å². The molecule has 0 radical (unpaired) electrons. The lowest BCUT2D eigenvalue weighted by atomic mass is 9.89. The molecule has 0 aromatic heterocycles. The summed E-state index contributed by atoms with van der Waals surface area (Å²) in [4.78, 5) is 2.45.